The first-order valence-corrected chi connectivity index (χ1v) is 3.38. The summed E-state index contributed by atoms with van der Waals surface area (Å²) in [6.07, 6.45) is 3.20. The van der Waals surface area contributed by atoms with Gasteiger partial charge in [0.1, 0.15) is 0 Å². The molecule has 1 nitrogen and oxygen atoms in total. The highest BCUT2D eigenvalue weighted by Crippen LogP contribution is 2.00. The second-order valence-corrected chi connectivity index (χ2v) is 2.21. The third-order valence-corrected chi connectivity index (χ3v) is 1.26. The molecule has 1 radical (unpaired) electrons. The van der Waals surface area contributed by atoms with Crippen LogP contribution in [0.1, 0.15) is 5.56 Å². The molecule has 0 aliphatic carbocycles. The first kappa shape index (κ1) is 7.73. The minimum absolute atomic E-state index is 0.172. The molecule has 0 aliphatic heterocycles. The van der Waals surface area contributed by atoms with Crippen molar-refractivity contribution in [1.82, 2.24) is 0 Å². The molecule has 1 heteroatoms. The van der Waals surface area contributed by atoms with Crippen molar-refractivity contribution in [2.75, 3.05) is 0 Å². The van der Waals surface area contributed by atoms with Crippen molar-refractivity contribution >= 4 is 11.9 Å². The fourth-order valence-corrected chi connectivity index (χ4v) is 0.753. The Hall–Kier alpha value is -1.37. The van der Waals surface area contributed by atoms with Crippen LogP contribution in [-0.2, 0) is 4.79 Å². The van der Waals surface area contributed by atoms with E-state index in [1.54, 1.807) is 6.08 Å². The van der Waals surface area contributed by atoms with Crippen LogP contribution in [0.25, 0.3) is 6.08 Å². The van der Waals surface area contributed by atoms with E-state index in [2.05, 4.69) is 6.92 Å². The van der Waals surface area contributed by atoms with E-state index >= 15 is 0 Å². The lowest BCUT2D eigenvalue weighted by molar-refractivity contribution is -0.110. The van der Waals surface area contributed by atoms with Crippen LogP contribution >= 0.6 is 0 Å². The molecule has 0 bridgehead atoms. The Morgan fingerprint density at radius 2 is 1.91 bits per heavy atom. The SMILES string of the molecule is [CH2]C(=O)C=Cc1ccccc1. The molecule has 11 heavy (non-hydrogen) atoms. The molecule has 0 saturated carbocycles. The van der Waals surface area contributed by atoms with E-state index in [0.29, 0.717) is 0 Å². The van der Waals surface area contributed by atoms with Crippen LogP contribution in [0.5, 0.6) is 0 Å². The lowest BCUT2D eigenvalue weighted by atomic mass is 10.2. The third kappa shape index (κ3) is 2.80. The van der Waals surface area contributed by atoms with Gasteiger partial charge in [0.25, 0.3) is 0 Å². The van der Waals surface area contributed by atoms with Gasteiger partial charge in [-0.05, 0) is 11.6 Å². The molecule has 55 valence electrons. The van der Waals surface area contributed by atoms with Crippen LogP contribution in [0.15, 0.2) is 36.4 Å². The van der Waals surface area contributed by atoms with Crippen molar-refractivity contribution in [3.05, 3.63) is 48.9 Å². The summed E-state index contributed by atoms with van der Waals surface area (Å²) in [6.45, 7) is 3.23. The standard InChI is InChI=1S/C10H9O/c1-9(11)7-8-10-5-3-2-4-6-10/h2-8H,1H2. The Balaban J connectivity index is 2.72. The van der Waals surface area contributed by atoms with Crippen LogP contribution in [0.3, 0.4) is 0 Å². The summed E-state index contributed by atoms with van der Waals surface area (Å²) < 4.78 is 0. The van der Waals surface area contributed by atoms with E-state index in [-0.39, 0.29) is 5.78 Å². The fourth-order valence-electron chi connectivity index (χ4n) is 0.753. The predicted octanol–water partition coefficient (Wildman–Crippen LogP) is 2.10. The van der Waals surface area contributed by atoms with Crippen molar-refractivity contribution in [1.29, 1.82) is 0 Å². The quantitative estimate of drug-likeness (QED) is 0.582. The first-order chi connectivity index (χ1) is 5.29. The van der Waals surface area contributed by atoms with Crippen LogP contribution in [0, 0.1) is 6.92 Å². The zero-order valence-corrected chi connectivity index (χ0v) is 6.16. The van der Waals surface area contributed by atoms with Gasteiger partial charge in [-0.1, -0.05) is 36.4 Å². The summed E-state index contributed by atoms with van der Waals surface area (Å²) in [5.41, 5.74) is 1.02. The van der Waals surface area contributed by atoms with Gasteiger partial charge in [0.15, 0.2) is 5.78 Å². The topological polar surface area (TPSA) is 17.1 Å². The summed E-state index contributed by atoms with van der Waals surface area (Å²) >= 11 is 0. The number of allylic oxidation sites excluding steroid dienone is 1. The van der Waals surface area contributed by atoms with Gasteiger partial charge in [-0.2, -0.15) is 0 Å². The molecule has 0 atom stereocenters. The molecule has 0 fully saturated rings. The van der Waals surface area contributed by atoms with E-state index in [0.717, 1.165) is 5.56 Å². The van der Waals surface area contributed by atoms with E-state index in [1.165, 1.54) is 6.08 Å². The Morgan fingerprint density at radius 3 is 2.45 bits per heavy atom. The van der Waals surface area contributed by atoms with Gasteiger partial charge in [0.2, 0.25) is 0 Å². The first-order valence-electron chi connectivity index (χ1n) is 3.38. The van der Waals surface area contributed by atoms with Crippen LogP contribution in [0.2, 0.25) is 0 Å². The minimum Gasteiger partial charge on any atom is -0.295 e. The molecule has 0 spiro atoms. The van der Waals surface area contributed by atoms with Gasteiger partial charge in [-0.15, -0.1) is 0 Å². The van der Waals surface area contributed by atoms with E-state index in [1.807, 2.05) is 30.3 Å². The average Bonchev–Trinajstić information content (AvgIpc) is 2.03. The molecule has 0 amide bonds. The van der Waals surface area contributed by atoms with E-state index in [4.69, 9.17) is 0 Å². The maximum atomic E-state index is 10.4. The molecular formula is C10H9O. The molecule has 0 heterocycles. The highest BCUT2D eigenvalue weighted by Gasteiger charge is 1.84. The van der Waals surface area contributed by atoms with Gasteiger partial charge in [-0.3, -0.25) is 4.79 Å². The molecule has 1 aromatic carbocycles. The van der Waals surface area contributed by atoms with E-state index < -0.39 is 0 Å². The Labute approximate surface area is 66.4 Å². The van der Waals surface area contributed by atoms with Gasteiger partial charge in [0, 0.05) is 6.92 Å². The maximum absolute atomic E-state index is 10.4. The molecule has 0 N–H and O–H groups in total. The second kappa shape index (κ2) is 3.71. The number of ketones is 1. The zero-order valence-electron chi connectivity index (χ0n) is 6.16. The summed E-state index contributed by atoms with van der Waals surface area (Å²) in [7, 11) is 0. The molecule has 0 aliphatic rings. The lowest BCUT2D eigenvalue weighted by Gasteiger charge is -1.88. The molecule has 0 aromatic heterocycles. The zero-order chi connectivity index (χ0) is 8.10. The number of hydrogen-bond acceptors (Lipinski definition) is 1. The highest BCUT2D eigenvalue weighted by atomic mass is 16.1. The van der Waals surface area contributed by atoms with Crippen molar-refractivity contribution in [2.45, 2.75) is 0 Å². The summed E-state index contributed by atoms with van der Waals surface area (Å²) in [4.78, 5) is 10.4. The molecule has 1 aromatic rings. The van der Waals surface area contributed by atoms with Crippen molar-refractivity contribution < 1.29 is 4.79 Å². The normalized spacial score (nSPS) is 10.3. The monoisotopic (exact) mass is 145 g/mol. The van der Waals surface area contributed by atoms with Gasteiger partial charge in [0.05, 0.1) is 0 Å². The summed E-state index contributed by atoms with van der Waals surface area (Å²) in [6, 6.07) is 9.64. The summed E-state index contributed by atoms with van der Waals surface area (Å²) in [5.74, 6) is -0.172. The Morgan fingerprint density at radius 1 is 1.27 bits per heavy atom. The minimum atomic E-state index is -0.172. The Bertz CT molecular complexity index is 259. The largest absolute Gasteiger partial charge is 0.295 e. The molecule has 0 saturated heterocycles. The van der Waals surface area contributed by atoms with Gasteiger partial charge in [-0.25, -0.2) is 0 Å². The van der Waals surface area contributed by atoms with Crippen LogP contribution in [0.4, 0.5) is 0 Å². The second-order valence-electron chi connectivity index (χ2n) is 2.21. The van der Waals surface area contributed by atoms with Crippen molar-refractivity contribution in [3.63, 3.8) is 0 Å². The average molecular weight is 145 g/mol. The predicted molar refractivity (Wildman–Crippen MR) is 45.8 cm³/mol. The molecule has 0 unspecified atom stereocenters. The summed E-state index contributed by atoms with van der Waals surface area (Å²) in [5, 5.41) is 0. The number of carbonyl (C=O) groups excluding carboxylic acids is 1. The third-order valence-electron chi connectivity index (χ3n) is 1.26. The van der Waals surface area contributed by atoms with Crippen molar-refractivity contribution in [2.24, 2.45) is 0 Å². The number of benzene rings is 1. The number of carbonyl (C=O) groups is 1. The number of hydrogen-bond donors (Lipinski definition) is 0. The van der Waals surface area contributed by atoms with E-state index in [9.17, 15) is 4.79 Å². The molecular weight excluding hydrogens is 136 g/mol. The maximum Gasteiger partial charge on any atom is 0.156 e. The van der Waals surface area contributed by atoms with Gasteiger partial charge >= 0.3 is 0 Å². The van der Waals surface area contributed by atoms with Crippen LogP contribution < -0.4 is 0 Å². The Kier molecular flexibility index (Phi) is 2.61. The fraction of sp³-hybridized carbons (Fsp3) is 0. The smallest absolute Gasteiger partial charge is 0.156 e. The molecule has 1 rings (SSSR count). The lowest BCUT2D eigenvalue weighted by Crippen LogP contribution is -1.79. The van der Waals surface area contributed by atoms with Crippen molar-refractivity contribution in [3.8, 4) is 0 Å². The highest BCUT2D eigenvalue weighted by molar-refractivity contribution is 5.96. The number of rotatable bonds is 2. The van der Waals surface area contributed by atoms with Gasteiger partial charge < -0.3 is 0 Å². The van der Waals surface area contributed by atoms with Crippen LogP contribution in [-0.4, -0.2) is 5.78 Å².